The van der Waals surface area contributed by atoms with Gasteiger partial charge in [0.1, 0.15) is 0 Å². The van der Waals surface area contributed by atoms with Crippen LogP contribution in [0.25, 0.3) is 0 Å². The number of nitrogens with two attached hydrogens (primary N) is 1. The Morgan fingerprint density at radius 3 is 2.75 bits per heavy atom. The van der Waals surface area contributed by atoms with E-state index in [1.54, 1.807) is 0 Å². The molecule has 0 aliphatic carbocycles. The Morgan fingerprint density at radius 2 is 2.05 bits per heavy atom. The Bertz CT molecular complexity index is 436. The average Bonchev–Trinajstić information content (AvgIpc) is 2.65. The molecule has 1 unspecified atom stereocenters. The molecule has 20 heavy (non-hydrogen) atoms. The molecule has 4 heteroatoms. The van der Waals surface area contributed by atoms with E-state index in [1.807, 2.05) is 0 Å². The van der Waals surface area contributed by atoms with Crippen molar-refractivity contribution in [1.29, 1.82) is 0 Å². The molecule has 1 aromatic rings. The van der Waals surface area contributed by atoms with Gasteiger partial charge in [0.05, 0.1) is 0 Å². The molecule has 0 spiro atoms. The zero-order valence-electron chi connectivity index (χ0n) is 12.6. The zero-order valence-corrected chi connectivity index (χ0v) is 14.2. The SMILES string of the molecule is CCC(N)Cc1ccc(N2CCCN(C)CC2)cc1Br. The van der Waals surface area contributed by atoms with Crippen molar-refractivity contribution >= 4 is 21.6 Å². The Morgan fingerprint density at radius 1 is 1.25 bits per heavy atom. The van der Waals surface area contributed by atoms with Gasteiger partial charge in [-0.1, -0.05) is 28.9 Å². The van der Waals surface area contributed by atoms with Crippen molar-refractivity contribution in [2.75, 3.05) is 38.1 Å². The van der Waals surface area contributed by atoms with Crippen LogP contribution < -0.4 is 10.6 Å². The molecule has 1 fully saturated rings. The lowest BCUT2D eigenvalue weighted by molar-refractivity contribution is 0.360. The van der Waals surface area contributed by atoms with Gasteiger partial charge in [0.2, 0.25) is 0 Å². The predicted octanol–water partition coefficient (Wildman–Crippen LogP) is 2.87. The Kier molecular flexibility index (Phi) is 5.87. The van der Waals surface area contributed by atoms with Crippen LogP contribution in [0.1, 0.15) is 25.3 Å². The molecule has 0 amide bonds. The Labute approximate surface area is 131 Å². The number of likely N-dealkylation sites (N-methyl/N-ethyl adjacent to an activating group) is 1. The lowest BCUT2D eigenvalue weighted by atomic mass is 10.0. The Balaban J connectivity index is 2.08. The summed E-state index contributed by atoms with van der Waals surface area (Å²) in [5.74, 6) is 0. The van der Waals surface area contributed by atoms with Crippen LogP contribution in [0, 0.1) is 0 Å². The number of nitrogens with zero attached hydrogens (tertiary/aromatic N) is 2. The molecule has 0 aromatic heterocycles. The fraction of sp³-hybridized carbons (Fsp3) is 0.625. The van der Waals surface area contributed by atoms with E-state index in [-0.39, 0.29) is 6.04 Å². The van der Waals surface area contributed by atoms with E-state index in [0.29, 0.717) is 0 Å². The number of anilines is 1. The van der Waals surface area contributed by atoms with Gasteiger partial charge in [0.25, 0.3) is 0 Å². The molecule has 0 saturated carbocycles. The number of halogens is 1. The zero-order chi connectivity index (χ0) is 14.5. The van der Waals surface area contributed by atoms with Crippen LogP contribution in [0.3, 0.4) is 0 Å². The lowest BCUT2D eigenvalue weighted by Gasteiger charge is -2.24. The van der Waals surface area contributed by atoms with Crippen molar-refractivity contribution in [3.8, 4) is 0 Å². The molecule has 1 aromatic carbocycles. The van der Waals surface area contributed by atoms with Gasteiger partial charge in [-0.15, -0.1) is 0 Å². The third-order valence-electron chi connectivity index (χ3n) is 4.13. The summed E-state index contributed by atoms with van der Waals surface area (Å²) < 4.78 is 1.19. The molecule has 0 bridgehead atoms. The number of hydrogen-bond donors (Lipinski definition) is 1. The molecule has 2 N–H and O–H groups in total. The molecule has 3 nitrogen and oxygen atoms in total. The second-order valence-corrected chi connectivity index (χ2v) is 6.65. The highest BCUT2D eigenvalue weighted by Crippen LogP contribution is 2.26. The molecular weight excluding hydrogens is 314 g/mol. The van der Waals surface area contributed by atoms with E-state index >= 15 is 0 Å². The van der Waals surface area contributed by atoms with E-state index in [1.165, 1.54) is 28.7 Å². The minimum Gasteiger partial charge on any atom is -0.370 e. The van der Waals surface area contributed by atoms with E-state index in [9.17, 15) is 0 Å². The van der Waals surface area contributed by atoms with Gasteiger partial charge in [-0.2, -0.15) is 0 Å². The van der Waals surface area contributed by atoms with Crippen LogP contribution in [0.5, 0.6) is 0 Å². The Hall–Kier alpha value is -0.580. The minimum atomic E-state index is 0.254. The van der Waals surface area contributed by atoms with Gasteiger partial charge < -0.3 is 15.5 Å². The van der Waals surface area contributed by atoms with Crippen molar-refractivity contribution in [1.82, 2.24) is 4.90 Å². The third-order valence-corrected chi connectivity index (χ3v) is 4.87. The maximum Gasteiger partial charge on any atom is 0.0378 e. The number of benzene rings is 1. The highest BCUT2D eigenvalue weighted by molar-refractivity contribution is 9.10. The second kappa shape index (κ2) is 7.43. The average molecular weight is 340 g/mol. The summed E-state index contributed by atoms with van der Waals surface area (Å²) in [6, 6.07) is 6.98. The van der Waals surface area contributed by atoms with Gasteiger partial charge in [-0.05, 0) is 50.6 Å². The molecular formula is C16H26BrN3. The largest absolute Gasteiger partial charge is 0.370 e. The lowest BCUT2D eigenvalue weighted by Crippen LogP contribution is -2.28. The highest BCUT2D eigenvalue weighted by Gasteiger charge is 2.14. The van der Waals surface area contributed by atoms with Gasteiger partial charge in [0, 0.05) is 35.8 Å². The molecule has 2 rings (SSSR count). The van der Waals surface area contributed by atoms with E-state index in [2.05, 4.69) is 57.9 Å². The fourth-order valence-corrected chi connectivity index (χ4v) is 3.16. The minimum absolute atomic E-state index is 0.254. The number of hydrogen-bond acceptors (Lipinski definition) is 3. The summed E-state index contributed by atoms with van der Waals surface area (Å²) in [6.07, 6.45) is 3.20. The molecule has 1 heterocycles. The van der Waals surface area contributed by atoms with Crippen molar-refractivity contribution < 1.29 is 0 Å². The summed E-state index contributed by atoms with van der Waals surface area (Å²) in [4.78, 5) is 4.89. The first-order valence-corrected chi connectivity index (χ1v) is 8.37. The fourth-order valence-electron chi connectivity index (χ4n) is 2.63. The van der Waals surface area contributed by atoms with Gasteiger partial charge in [-0.3, -0.25) is 0 Å². The normalized spacial score (nSPS) is 18.9. The predicted molar refractivity (Wildman–Crippen MR) is 90.4 cm³/mol. The van der Waals surface area contributed by atoms with Gasteiger partial charge in [0.15, 0.2) is 0 Å². The van der Waals surface area contributed by atoms with E-state index < -0.39 is 0 Å². The monoisotopic (exact) mass is 339 g/mol. The molecule has 1 aliphatic heterocycles. The smallest absolute Gasteiger partial charge is 0.0378 e. The van der Waals surface area contributed by atoms with Crippen LogP contribution in [0.2, 0.25) is 0 Å². The van der Waals surface area contributed by atoms with E-state index in [4.69, 9.17) is 5.73 Å². The maximum atomic E-state index is 6.05. The number of rotatable bonds is 4. The topological polar surface area (TPSA) is 32.5 Å². The van der Waals surface area contributed by atoms with Crippen molar-refractivity contribution in [2.24, 2.45) is 5.73 Å². The van der Waals surface area contributed by atoms with Crippen LogP contribution in [0.15, 0.2) is 22.7 Å². The quantitative estimate of drug-likeness (QED) is 0.915. The van der Waals surface area contributed by atoms with Crippen molar-refractivity contribution in [2.45, 2.75) is 32.2 Å². The molecule has 1 atom stereocenters. The third kappa shape index (κ3) is 4.21. The molecule has 1 saturated heterocycles. The molecule has 112 valence electrons. The maximum absolute atomic E-state index is 6.05. The van der Waals surface area contributed by atoms with Gasteiger partial charge >= 0.3 is 0 Å². The summed E-state index contributed by atoms with van der Waals surface area (Å²) in [6.45, 7) is 6.73. The van der Waals surface area contributed by atoms with Crippen LogP contribution in [0.4, 0.5) is 5.69 Å². The van der Waals surface area contributed by atoms with Crippen molar-refractivity contribution in [3.63, 3.8) is 0 Å². The summed E-state index contributed by atoms with van der Waals surface area (Å²) in [7, 11) is 2.20. The highest BCUT2D eigenvalue weighted by atomic mass is 79.9. The van der Waals surface area contributed by atoms with Gasteiger partial charge in [-0.25, -0.2) is 0 Å². The van der Waals surface area contributed by atoms with E-state index in [0.717, 1.165) is 32.5 Å². The molecule has 1 aliphatic rings. The first-order valence-electron chi connectivity index (χ1n) is 7.57. The molecule has 0 radical (unpaired) electrons. The summed E-state index contributed by atoms with van der Waals surface area (Å²) >= 11 is 3.71. The second-order valence-electron chi connectivity index (χ2n) is 5.79. The first kappa shape index (κ1) is 15.8. The summed E-state index contributed by atoms with van der Waals surface area (Å²) in [5.41, 5.74) is 8.69. The van der Waals surface area contributed by atoms with Crippen LogP contribution >= 0.6 is 15.9 Å². The standard InChI is InChI=1S/C16H26BrN3/c1-3-14(18)11-13-5-6-15(12-16(13)17)20-8-4-7-19(2)9-10-20/h5-6,12,14H,3-4,7-11,18H2,1-2H3. The van der Waals surface area contributed by atoms with Crippen LogP contribution in [-0.4, -0.2) is 44.2 Å². The first-order chi connectivity index (χ1) is 9.60. The van der Waals surface area contributed by atoms with Crippen molar-refractivity contribution in [3.05, 3.63) is 28.2 Å². The van der Waals surface area contributed by atoms with Crippen LogP contribution in [-0.2, 0) is 6.42 Å². The summed E-state index contributed by atoms with van der Waals surface area (Å²) in [5, 5.41) is 0.